The number of rotatable bonds is 10. The lowest BCUT2D eigenvalue weighted by Crippen LogP contribution is -2.20. The van der Waals surface area contributed by atoms with Gasteiger partial charge in [0.1, 0.15) is 12.4 Å². The maximum Gasteiger partial charge on any atom is 0.247 e. The SMILES string of the molecule is Cc1ccccc1COc1cccc(-c2cccc3nc(Nc4ccc(CCCN5CCCC5)cc4)nn23)c1. The van der Waals surface area contributed by atoms with Crippen molar-refractivity contribution in [1.82, 2.24) is 19.5 Å². The summed E-state index contributed by atoms with van der Waals surface area (Å²) in [5.41, 5.74) is 7.55. The lowest BCUT2D eigenvalue weighted by atomic mass is 10.1. The molecule has 0 bridgehead atoms. The molecule has 0 atom stereocenters. The fraction of sp³-hybridized carbons (Fsp3) is 0.273. The van der Waals surface area contributed by atoms with E-state index in [0.29, 0.717) is 12.6 Å². The summed E-state index contributed by atoms with van der Waals surface area (Å²) in [6.07, 6.45) is 5.03. The van der Waals surface area contributed by atoms with E-state index in [1.54, 1.807) is 0 Å². The van der Waals surface area contributed by atoms with E-state index in [1.165, 1.54) is 55.6 Å². The van der Waals surface area contributed by atoms with E-state index < -0.39 is 0 Å². The number of anilines is 2. The molecule has 1 fully saturated rings. The van der Waals surface area contributed by atoms with E-state index in [-0.39, 0.29) is 0 Å². The summed E-state index contributed by atoms with van der Waals surface area (Å²) in [6.45, 7) is 6.38. The number of nitrogens with zero attached hydrogens (tertiary/aromatic N) is 4. The van der Waals surface area contributed by atoms with Gasteiger partial charge in [-0.3, -0.25) is 0 Å². The van der Waals surface area contributed by atoms with E-state index in [2.05, 4.69) is 71.7 Å². The smallest absolute Gasteiger partial charge is 0.247 e. The number of nitrogens with one attached hydrogen (secondary N) is 1. The average Bonchev–Trinajstić information content (AvgIpc) is 3.63. The second kappa shape index (κ2) is 11.7. The molecule has 0 spiro atoms. The molecule has 39 heavy (non-hydrogen) atoms. The molecule has 198 valence electrons. The van der Waals surface area contributed by atoms with Crippen molar-refractivity contribution in [3.63, 3.8) is 0 Å². The topological polar surface area (TPSA) is 54.7 Å². The monoisotopic (exact) mass is 517 g/mol. The molecule has 6 rings (SSSR count). The van der Waals surface area contributed by atoms with E-state index in [0.717, 1.165) is 34.8 Å². The highest BCUT2D eigenvalue weighted by Gasteiger charge is 2.12. The largest absolute Gasteiger partial charge is 0.489 e. The van der Waals surface area contributed by atoms with Gasteiger partial charge in [0.15, 0.2) is 5.65 Å². The third-order valence-electron chi connectivity index (χ3n) is 7.49. The maximum atomic E-state index is 6.13. The summed E-state index contributed by atoms with van der Waals surface area (Å²) < 4.78 is 8.02. The number of hydrogen-bond donors (Lipinski definition) is 1. The van der Waals surface area contributed by atoms with E-state index in [1.807, 2.05) is 40.9 Å². The van der Waals surface area contributed by atoms with Crippen molar-refractivity contribution >= 4 is 17.3 Å². The van der Waals surface area contributed by atoms with Crippen LogP contribution in [0.1, 0.15) is 36.0 Å². The number of pyridine rings is 1. The molecule has 3 heterocycles. The van der Waals surface area contributed by atoms with Crippen LogP contribution in [0.2, 0.25) is 0 Å². The van der Waals surface area contributed by atoms with Crippen LogP contribution in [-0.4, -0.2) is 39.1 Å². The number of likely N-dealkylation sites (tertiary alicyclic amines) is 1. The van der Waals surface area contributed by atoms with Crippen LogP contribution in [0.3, 0.4) is 0 Å². The van der Waals surface area contributed by atoms with Crippen LogP contribution in [0.25, 0.3) is 16.9 Å². The lowest BCUT2D eigenvalue weighted by molar-refractivity contribution is 0.305. The maximum absolute atomic E-state index is 6.13. The lowest BCUT2D eigenvalue weighted by Gasteiger charge is -2.14. The van der Waals surface area contributed by atoms with Crippen LogP contribution in [0.15, 0.2) is 91.0 Å². The Morgan fingerprint density at radius 1 is 0.872 bits per heavy atom. The Morgan fingerprint density at radius 2 is 1.69 bits per heavy atom. The molecule has 0 amide bonds. The van der Waals surface area contributed by atoms with Gasteiger partial charge in [0, 0.05) is 11.3 Å². The van der Waals surface area contributed by atoms with E-state index in [4.69, 9.17) is 14.8 Å². The number of aromatic nitrogens is 3. The van der Waals surface area contributed by atoms with Crippen LogP contribution < -0.4 is 10.1 Å². The second-order valence-electron chi connectivity index (χ2n) is 10.3. The van der Waals surface area contributed by atoms with Gasteiger partial charge in [-0.25, -0.2) is 4.52 Å². The van der Waals surface area contributed by atoms with E-state index >= 15 is 0 Å². The zero-order valence-electron chi connectivity index (χ0n) is 22.5. The predicted octanol–water partition coefficient (Wildman–Crippen LogP) is 7.06. The Morgan fingerprint density at radius 3 is 2.54 bits per heavy atom. The van der Waals surface area contributed by atoms with E-state index in [9.17, 15) is 0 Å². The predicted molar refractivity (Wildman–Crippen MR) is 158 cm³/mol. The fourth-order valence-corrected chi connectivity index (χ4v) is 5.25. The molecule has 0 radical (unpaired) electrons. The van der Waals surface area contributed by atoms with Crippen molar-refractivity contribution in [1.29, 1.82) is 0 Å². The molecule has 3 aromatic carbocycles. The van der Waals surface area contributed by atoms with Gasteiger partial charge in [-0.1, -0.05) is 54.6 Å². The van der Waals surface area contributed by atoms with Gasteiger partial charge in [-0.05, 0) is 105 Å². The molecule has 6 heteroatoms. The fourth-order valence-electron chi connectivity index (χ4n) is 5.25. The van der Waals surface area contributed by atoms with Crippen molar-refractivity contribution in [3.05, 3.63) is 108 Å². The standard InChI is InChI=1S/C33H35N5O/c1-25-9-2-3-11-28(25)24-39-30-13-6-12-27(23-30)31-14-7-15-32-35-33(36-38(31)32)34-29-18-16-26(17-19-29)10-8-22-37-20-4-5-21-37/h2-3,6-7,9,11-19,23H,4-5,8,10,20-22,24H2,1H3,(H,34,36). The number of aryl methyl sites for hydroxylation is 2. The van der Waals surface area contributed by atoms with Gasteiger partial charge >= 0.3 is 0 Å². The van der Waals surface area contributed by atoms with Gasteiger partial charge in [0.05, 0.1) is 5.69 Å². The van der Waals surface area contributed by atoms with Gasteiger partial charge in [-0.15, -0.1) is 5.10 Å². The highest BCUT2D eigenvalue weighted by Crippen LogP contribution is 2.26. The van der Waals surface area contributed by atoms with Gasteiger partial charge in [0.2, 0.25) is 5.95 Å². The molecular formula is C33H35N5O. The first-order valence-corrected chi connectivity index (χ1v) is 13.9. The molecule has 6 nitrogen and oxygen atoms in total. The van der Waals surface area contributed by atoms with Crippen LogP contribution in [0.4, 0.5) is 11.6 Å². The second-order valence-corrected chi connectivity index (χ2v) is 10.3. The van der Waals surface area contributed by atoms with Crippen molar-refractivity contribution < 1.29 is 4.74 Å². The minimum absolute atomic E-state index is 0.537. The summed E-state index contributed by atoms with van der Waals surface area (Å²) in [5, 5.41) is 8.16. The molecule has 2 aromatic heterocycles. The third-order valence-corrected chi connectivity index (χ3v) is 7.49. The van der Waals surface area contributed by atoms with Crippen LogP contribution in [0.5, 0.6) is 5.75 Å². The Bertz CT molecular complexity index is 1540. The van der Waals surface area contributed by atoms with Crippen molar-refractivity contribution in [3.8, 4) is 17.0 Å². The molecule has 5 aromatic rings. The molecule has 1 saturated heterocycles. The van der Waals surface area contributed by atoms with Crippen LogP contribution in [0, 0.1) is 6.92 Å². The summed E-state index contributed by atoms with van der Waals surface area (Å²) in [6, 6.07) is 31.1. The zero-order chi connectivity index (χ0) is 26.4. The van der Waals surface area contributed by atoms with Gasteiger partial charge < -0.3 is 15.0 Å². The number of fused-ring (bicyclic) bond motifs is 1. The Hall–Kier alpha value is -4.16. The number of hydrogen-bond acceptors (Lipinski definition) is 5. The third kappa shape index (κ3) is 6.13. The number of benzene rings is 3. The van der Waals surface area contributed by atoms with Crippen molar-refractivity contribution in [2.24, 2.45) is 0 Å². The Balaban J connectivity index is 1.13. The van der Waals surface area contributed by atoms with Crippen LogP contribution in [-0.2, 0) is 13.0 Å². The van der Waals surface area contributed by atoms with Crippen LogP contribution >= 0.6 is 0 Å². The van der Waals surface area contributed by atoms with Gasteiger partial charge in [0.25, 0.3) is 0 Å². The molecule has 1 aliphatic rings. The quantitative estimate of drug-likeness (QED) is 0.215. The molecule has 1 N–H and O–H groups in total. The minimum atomic E-state index is 0.537. The van der Waals surface area contributed by atoms with Gasteiger partial charge in [-0.2, -0.15) is 4.98 Å². The number of ether oxygens (including phenoxy) is 1. The zero-order valence-corrected chi connectivity index (χ0v) is 22.5. The average molecular weight is 518 g/mol. The summed E-state index contributed by atoms with van der Waals surface area (Å²) >= 11 is 0. The molecule has 0 aliphatic carbocycles. The summed E-state index contributed by atoms with van der Waals surface area (Å²) in [7, 11) is 0. The molecule has 0 unspecified atom stereocenters. The first-order chi connectivity index (χ1) is 19.2. The Kier molecular flexibility index (Phi) is 7.54. The normalized spacial score (nSPS) is 13.7. The minimum Gasteiger partial charge on any atom is -0.489 e. The first-order valence-electron chi connectivity index (χ1n) is 13.9. The Labute approximate surface area is 230 Å². The summed E-state index contributed by atoms with van der Waals surface area (Å²) in [4.78, 5) is 7.30. The highest BCUT2D eigenvalue weighted by molar-refractivity contribution is 5.66. The van der Waals surface area contributed by atoms with Crippen molar-refractivity contribution in [2.45, 2.75) is 39.2 Å². The summed E-state index contributed by atoms with van der Waals surface area (Å²) in [5.74, 6) is 1.41. The molecule has 0 saturated carbocycles. The highest BCUT2D eigenvalue weighted by atomic mass is 16.5. The molecular weight excluding hydrogens is 482 g/mol. The van der Waals surface area contributed by atoms with Crippen molar-refractivity contribution in [2.75, 3.05) is 25.0 Å². The molecule has 1 aliphatic heterocycles. The first kappa shape index (κ1) is 25.1.